The van der Waals surface area contributed by atoms with Crippen LogP contribution >= 0.6 is 11.8 Å². The molecule has 4 nitrogen and oxygen atoms in total. The van der Waals surface area contributed by atoms with E-state index in [0.717, 1.165) is 10.5 Å². The number of carbonyl (C=O) groups is 2. The number of anilines is 2. The summed E-state index contributed by atoms with van der Waals surface area (Å²) in [7, 11) is 0. The lowest BCUT2D eigenvalue weighted by Gasteiger charge is -2.18. The maximum atomic E-state index is 12.6. The number of nitrogens with one attached hydrogen (secondary N) is 2. The molecule has 0 aliphatic carbocycles. The minimum Gasteiger partial charge on any atom is -0.326 e. The van der Waals surface area contributed by atoms with Gasteiger partial charge in [-0.2, -0.15) is 0 Å². The summed E-state index contributed by atoms with van der Waals surface area (Å²) in [6.07, 6.45) is 1.98. The van der Waals surface area contributed by atoms with Crippen molar-refractivity contribution in [2.45, 2.75) is 32.6 Å². The number of rotatable bonds is 4. The highest BCUT2D eigenvalue weighted by Crippen LogP contribution is 2.22. The first-order chi connectivity index (χ1) is 11.7. The Bertz CT molecular complexity index is 795. The minimum absolute atomic E-state index is 0.0699. The molecule has 2 rings (SSSR count). The predicted octanol–water partition coefficient (Wildman–Crippen LogP) is 4.95. The van der Waals surface area contributed by atoms with Crippen LogP contribution in [0.15, 0.2) is 47.4 Å². The van der Waals surface area contributed by atoms with Gasteiger partial charge >= 0.3 is 0 Å². The standard InChI is InChI=1S/C20H24N2O2S/c1-13-9-10-16(25-5)12-17(13)18(23)21-14-7-6-8-15(11-14)22-19(24)20(2,3)4/h6-12H,1-5H3,(H,21,23)(H,22,24). The number of thioether (sulfide) groups is 1. The van der Waals surface area contributed by atoms with Gasteiger partial charge in [-0.05, 0) is 49.1 Å². The zero-order valence-electron chi connectivity index (χ0n) is 15.3. The van der Waals surface area contributed by atoms with Crippen LogP contribution in [0.3, 0.4) is 0 Å². The van der Waals surface area contributed by atoms with E-state index in [1.807, 2.05) is 52.1 Å². The number of hydrogen-bond donors (Lipinski definition) is 2. The van der Waals surface area contributed by atoms with Crippen LogP contribution in [0.5, 0.6) is 0 Å². The van der Waals surface area contributed by atoms with Crippen molar-refractivity contribution < 1.29 is 9.59 Å². The fraction of sp³-hybridized carbons (Fsp3) is 0.300. The van der Waals surface area contributed by atoms with E-state index >= 15 is 0 Å². The minimum atomic E-state index is -0.478. The summed E-state index contributed by atoms with van der Waals surface area (Å²) < 4.78 is 0. The molecule has 0 saturated heterocycles. The van der Waals surface area contributed by atoms with Gasteiger partial charge in [0.2, 0.25) is 5.91 Å². The van der Waals surface area contributed by atoms with Crippen molar-refractivity contribution in [3.63, 3.8) is 0 Å². The number of carbonyl (C=O) groups excluding carboxylic acids is 2. The summed E-state index contributed by atoms with van der Waals surface area (Å²) in [5, 5.41) is 5.77. The summed E-state index contributed by atoms with van der Waals surface area (Å²) in [6.45, 7) is 7.49. The molecule has 2 aromatic rings. The zero-order chi connectivity index (χ0) is 18.6. The van der Waals surface area contributed by atoms with Gasteiger partial charge in [-0.1, -0.05) is 32.9 Å². The molecule has 2 amide bonds. The maximum Gasteiger partial charge on any atom is 0.255 e. The van der Waals surface area contributed by atoms with Gasteiger partial charge < -0.3 is 10.6 Å². The van der Waals surface area contributed by atoms with Crippen molar-refractivity contribution in [1.29, 1.82) is 0 Å². The van der Waals surface area contributed by atoms with Crippen LogP contribution < -0.4 is 10.6 Å². The number of amides is 2. The van der Waals surface area contributed by atoms with E-state index in [2.05, 4.69) is 10.6 Å². The Hall–Kier alpha value is -2.27. The molecule has 0 fully saturated rings. The third kappa shape index (κ3) is 5.10. The van der Waals surface area contributed by atoms with E-state index < -0.39 is 5.41 Å². The zero-order valence-corrected chi connectivity index (χ0v) is 16.1. The van der Waals surface area contributed by atoms with Gasteiger partial charge in [-0.3, -0.25) is 9.59 Å². The molecule has 25 heavy (non-hydrogen) atoms. The van der Waals surface area contributed by atoms with Crippen LogP contribution in [0.2, 0.25) is 0 Å². The van der Waals surface area contributed by atoms with Gasteiger partial charge in [0.25, 0.3) is 5.91 Å². The summed E-state index contributed by atoms with van der Waals surface area (Å²) >= 11 is 1.60. The molecule has 0 bridgehead atoms. The topological polar surface area (TPSA) is 58.2 Å². The first kappa shape index (κ1) is 19.1. The van der Waals surface area contributed by atoms with Gasteiger partial charge in [0.05, 0.1) is 0 Å². The van der Waals surface area contributed by atoms with Crippen LogP contribution in [-0.2, 0) is 4.79 Å². The Morgan fingerprint density at radius 2 is 1.60 bits per heavy atom. The Morgan fingerprint density at radius 1 is 0.960 bits per heavy atom. The third-order valence-corrected chi connectivity index (χ3v) is 4.47. The number of hydrogen-bond acceptors (Lipinski definition) is 3. The quantitative estimate of drug-likeness (QED) is 0.762. The molecular weight excluding hydrogens is 332 g/mol. The molecule has 132 valence electrons. The van der Waals surface area contributed by atoms with E-state index in [4.69, 9.17) is 0 Å². The molecule has 0 aliphatic heterocycles. The van der Waals surface area contributed by atoms with Crippen molar-refractivity contribution in [3.8, 4) is 0 Å². The number of aryl methyl sites for hydroxylation is 1. The fourth-order valence-corrected chi connectivity index (χ4v) is 2.60. The molecular formula is C20H24N2O2S. The smallest absolute Gasteiger partial charge is 0.255 e. The van der Waals surface area contributed by atoms with Crippen LogP contribution in [0.4, 0.5) is 11.4 Å². The Labute approximate surface area is 153 Å². The van der Waals surface area contributed by atoms with Crippen molar-refractivity contribution in [2.75, 3.05) is 16.9 Å². The highest BCUT2D eigenvalue weighted by Gasteiger charge is 2.21. The van der Waals surface area contributed by atoms with E-state index in [-0.39, 0.29) is 11.8 Å². The largest absolute Gasteiger partial charge is 0.326 e. The average molecular weight is 356 g/mol. The second kappa shape index (κ2) is 7.74. The first-order valence-electron chi connectivity index (χ1n) is 8.08. The Kier molecular flexibility index (Phi) is 5.90. The summed E-state index contributed by atoms with van der Waals surface area (Å²) in [5.41, 5.74) is 2.40. The predicted molar refractivity (Wildman–Crippen MR) is 105 cm³/mol. The van der Waals surface area contributed by atoms with Crippen LogP contribution in [-0.4, -0.2) is 18.1 Å². The molecule has 0 aromatic heterocycles. The van der Waals surface area contributed by atoms with Crippen molar-refractivity contribution in [2.24, 2.45) is 5.41 Å². The van der Waals surface area contributed by atoms with E-state index in [9.17, 15) is 9.59 Å². The van der Waals surface area contributed by atoms with Gasteiger partial charge in [-0.25, -0.2) is 0 Å². The third-order valence-electron chi connectivity index (χ3n) is 3.75. The second-order valence-electron chi connectivity index (χ2n) is 6.92. The SMILES string of the molecule is CSc1ccc(C)c(C(=O)Nc2cccc(NC(=O)C(C)(C)C)c2)c1. The molecule has 5 heteroatoms. The monoisotopic (exact) mass is 356 g/mol. The molecule has 2 N–H and O–H groups in total. The lowest BCUT2D eigenvalue weighted by molar-refractivity contribution is -0.123. The lowest BCUT2D eigenvalue weighted by atomic mass is 9.95. The van der Waals surface area contributed by atoms with E-state index in [1.54, 1.807) is 36.0 Å². The summed E-state index contributed by atoms with van der Waals surface area (Å²) in [4.78, 5) is 25.7. The summed E-state index contributed by atoms with van der Waals surface area (Å²) in [5.74, 6) is -0.229. The maximum absolute atomic E-state index is 12.6. The van der Waals surface area contributed by atoms with Crippen molar-refractivity contribution in [3.05, 3.63) is 53.6 Å². The van der Waals surface area contributed by atoms with Crippen molar-refractivity contribution >= 4 is 35.0 Å². The molecule has 0 heterocycles. The highest BCUT2D eigenvalue weighted by atomic mass is 32.2. The van der Waals surface area contributed by atoms with Gasteiger partial charge in [0, 0.05) is 27.2 Å². The van der Waals surface area contributed by atoms with Crippen LogP contribution in [0.1, 0.15) is 36.7 Å². The van der Waals surface area contributed by atoms with E-state index in [1.165, 1.54) is 0 Å². The van der Waals surface area contributed by atoms with Gasteiger partial charge in [0.1, 0.15) is 0 Å². The summed E-state index contributed by atoms with van der Waals surface area (Å²) in [6, 6.07) is 13.0. The molecule has 0 spiro atoms. The average Bonchev–Trinajstić information content (AvgIpc) is 2.54. The lowest BCUT2D eigenvalue weighted by Crippen LogP contribution is -2.27. The van der Waals surface area contributed by atoms with Crippen LogP contribution in [0.25, 0.3) is 0 Å². The molecule has 2 aromatic carbocycles. The second-order valence-corrected chi connectivity index (χ2v) is 7.80. The number of benzene rings is 2. The Morgan fingerprint density at radius 3 is 2.20 bits per heavy atom. The first-order valence-corrected chi connectivity index (χ1v) is 9.30. The molecule has 0 atom stereocenters. The van der Waals surface area contributed by atoms with Crippen LogP contribution in [0, 0.1) is 12.3 Å². The van der Waals surface area contributed by atoms with Crippen molar-refractivity contribution in [1.82, 2.24) is 0 Å². The highest BCUT2D eigenvalue weighted by molar-refractivity contribution is 7.98. The molecule has 0 aliphatic rings. The Balaban J connectivity index is 2.17. The molecule has 0 radical (unpaired) electrons. The van der Waals surface area contributed by atoms with E-state index in [0.29, 0.717) is 16.9 Å². The van der Waals surface area contributed by atoms with Gasteiger partial charge in [-0.15, -0.1) is 11.8 Å². The molecule has 0 saturated carbocycles. The van der Waals surface area contributed by atoms with Gasteiger partial charge in [0.15, 0.2) is 0 Å². The normalized spacial score (nSPS) is 11.1. The molecule has 0 unspecified atom stereocenters. The fourth-order valence-electron chi connectivity index (χ4n) is 2.16.